The lowest BCUT2D eigenvalue weighted by molar-refractivity contribution is 0.318. The highest BCUT2D eigenvalue weighted by Gasteiger charge is 2.18. The van der Waals surface area contributed by atoms with Crippen molar-refractivity contribution in [2.24, 2.45) is 11.7 Å². The van der Waals surface area contributed by atoms with Crippen molar-refractivity contribution >= 4 is 11.6 Å². The molecule has 1 nitrogen and oxygen atoms in total. The van der Waals surface area contributed by atoms with Crippen LogP contribution in [0.15, 0.2) is 0 Å². The zero-order valence-electron chi connectivity index (χ0n) is 6.35. The lowest BCUT2D eigenvalue weighted by Crippen LogP contribution is -2.32. The van der Waals surface area contributed by atoms with Gasteiger partial charge in [-0.25, -0.2) is 0 Å². The van der Waals surface area contributed by atoms with Crippen molar-refractivity contribution in [2.45, 2.75) is 38.1 Å². The molecule has 0 aromatic heterocycles. The second-order valence-corrected chi connectivity index (χ2v) is 3.52. The van der Waals surface area contributed by atoms with E-state index in [1.54, 1.807) is 0 Å². The zero-order valence-corrected chi connectivity index (χ0v) is 7.11. The van der Waals surface area contributed by atoms with E-state index in [0.29, 0.717) is 11.8 Å². The molecule has 1 aliphatic carbocycles. The van der Waals surface area contributed by atoms with Crippen molar-refractivity contribution in [3.8, 4) is 0 Å². The third-order valence-electron chi connectivity index (χ3n) is 2.43. The molecule has 60 valence electrons. The standard InChI is InChI=1S/C8H16ClN/c9-6-8(10)7-4-2-1-3-5-7/h7-8H,1-6,10H2/t8-/m1/s1. The van der Waals surface area contributed by atoms with Gasteiger partial charge >= 0.3 is 0 Å². The van der Waals surface area contributed by atoms with Crippen LogP contribution in [0.25, 0.3) is 0 Å². The molecule has 1 saturated carbocycles. The van der Waals surface area contributed by atoms with Crippen LogP contribution in [0.2, 0.25) is 0 Å². The van der Waals surface area contributed by atoms with Crippen LogP contribution in [0.1, 0.15) is 32.1 Å². The first-order valence-corrected chi connectivity index (χ1v) is 4.69. The Morgan fingerprint density at radius 2 is 1.90 bits per heavy atom. The molecule has 0 aliphatic heterocycles. The molecule has 1 fully saturated rings. The third-order valence-corrected chi connectivity index (χ3v) is 2.79. The lowest BCUT2D eigenvalue weighted by Gasteiger charge is -2.25. The third kappa shape index (κ3) is 2.14. The molecule has 0 spiro atoms. The Labute approximate surface area is 67.9 Å². The Balaban J connectivity index is 2.24. The van der Waals surface area contributed by atoms with E-state index in [4.69, 9.17) is 17.3 Å². The summed E-state index contributed by atoms with van der Waals surface area (Å²) in [7, 11) is 0. The Bertz CT molecular complexity index is 89.3. The minimum atomic E-state index is 0.252. The Morgan fingerprint density at radius 3 is 2.40 bits per heavy atom. The topological polar surface area (TPSA) is 26.0 Å². The number of nitrogens with two attached hydrogens (primary N) is 1. The first kappa shape index (κ1) is 8.35. The molecule has 2 N–H and O–H groups in total. The van der Waals surface area contributed by atoms with Crippen molar-refractivity contribution in [3.05, 3.63) is 0 Å². The summed E-state index contributed by atoms with van der Waals surface area (Å²) >= 11 is 5.66. The summed E-state index contributed by atoms with van der Waals surface area (Å²) in [5.41, 5.74) is 5.82. The van der Waals surface area contributed by atoms with Crippen LogP contribution in [0.4, 0.5) is 0 Å². The Kier molecular flexibility index (Phi) is 3.50. The number of halogens is 1. The second kappa shape index (κ2) is 4.20. The van der Waals surface area contributed by atoms with E-state index in [1.165, 1.54) is 32.1 Å². The molecule has 0 unspecified atom stereocenters. The highest BCUT2D eigenvalue weighted by atomic mass is 35.5. The Hall–Kier alpha value is 0.250. The van der Waals surface area contributed by atoms with Gasteiger partial charge in [0.1, 0.15) is 0 Å². The summed E-state index contributed by atoms with van der Waals surface area (Å²) in [5.74, 6) is 1.34. The van der Waals surface area contributed by atoms with E-state index in [-0.39, 0.29) is 6.04 Å². The van der Waals surface area contributed by atoms with Crippen LogP contribution in [0.3, 0.4) is 0 Å². The van der Waals surface area contributed by atoms with Crippen molar-refractivity contribution < 1.29 is 0 Å². The molecule has 0 bridgehead atoms. The van der Waals surface area contributed by atoms with Gasteiger partial charge in [-0.05, 0) is 18.8 Å². The van der Waals surface area contributed by atoms with Crippen molar-refractivity contribution in [2.75, 3.05) is 5.88 Å². The molecule has 0 amide bonds. The SMILES string of the molecule is N[C@H](CCl)C1CCCCC1. The molecule has 10 heavy (non-hydrogen) atoms. The van der Waals surface area contributed by atoms with Crippen LogP contribution in [0, 0.1) is 5.92 Å². The molecule has 1 rings (SSSR count). The van der Waals surface area contributed by atoms with E-state index >= 15 is 0 Å². The summed E-state index contributed by atoms with van der Waals surface area (Å²) in [6.45, 7) is 0. The van der Waals surface area contributed by atoms with E-state index in [0.717, 1.165) is 0 Å². The van der Waals surface area contributed by atoms with Gasteiger partial charge in [0.25, 0.3) is 0 Å². The van der Waals surface area contributed by atoms with Crippen molar-refractivity contribution in [1.82, 2.24) is 0 Å². The van der Waals surface area contributed by atoms with Gasteiger partial charge < -0.3 is 5.73 Å². The molecule has 2 heteroatoms. The number of alkyl halides is 1. The normalized spacial score (nSPS) is 24.6. The van der Waals surface area contributed by atoms with Crippen LogP contribution in [0.5, 0.6) is 0 Å². The van der Waals surface area contributed by atoms with Gasteiger partial charge in [0, 0.05) is 11.9 Å². The monoisotopic (exact) mass is 161 g/mol. The predicted molar refractivity (Wildman–Crippen MR) is 45.3 cm³/mol. The molecule has 0 saturated heterocycles. The van der Waals surface area contributed by atoms with E-state index in [1.807, 2.05) is 0 Å². The average Bonchev–Trinajstić information content (AvgIpc) is 2.05. The van der Waals surface area contributed by atoms with E-state index in [9.17, 15) is 0 Å². The molecule has 1 aliphatic rings. The summed E-state index contributed by atoms with van der Waals surface area (Å²) < 4.78 is 0. The van der Waals surface area contributed by atoms with Crippen LogP contribution >= 0.6 is 11.6 Å². The summed E-state index contributed by atoms with van der Waals surface area (Å²) in [6, 6.07) is 0.252. The van der Waals surface area contributed by atoms with Gasteiger partial charge in [0.2, 0.25) is 0 Å². The van der Waals surface area contributed by atoms with Crippen LogP contribution in [-0.4, -0.2) is 11.9 Å². The van der Waals surface area contributed by atoms with Gasteiger partial charge in [-0.2, -0.15) is 0 Å². The maximum atomic E-state index is 5.82. The largest absolute Gasteiger partial charge is 0.326 e. The second-order valence-electron chi connectivity index (χ2n) is 3.22. The van der Waals surface area contributed by atoms with Crippen molar-refractivity contribution in [1.29, 1.82) is 0 Å². The fourth-order valence-corrected chi connectivity index (χ4v) is 1.94. The fourth-order valence-electron chi connectivity index (χ4n) is 1.69. The van der Waals surface area contributed by atoms with Gasteiger partial charge in [-0.15, -0.1) is 11.6 Å². The smallest absolute Gasteiger partial charge is 0.0377 e. The average molecular weight is 162 g/mol. The molecule has 1 atom stereocenters. The molecule has 0 heterocycles. The molecule has 0 aromatic carbocycles. The number of rotatable bonds is 2. The summed E-state index contributed by atoms with van der Waals surface area (Å²) in [4.78, 5) is 0. The summed E-state index contributed by atoms with van der Waals surface area (Å²) in [6.07, 6.45) is 6.71. The highest BCUT2D eigenvalue weighted by molar-refractivity contribution is 6.18. The fraction of sp³-hybridized carbons (Fsp3) is 1.00. The number of hydrogen-bond acceptors (Lipinski definition) is 1. The minimum absolute atomic E-state index is 0.252. The van der Waals surface area contributed by atoms with Crippen molar-refractivity contribution in [3.63, 3.8) is 0 Å². The molecular formula is C8H16ClN. The van der Waals surface area contributed by atoms with Gasteiger partial charge in [-0.3, -0.25) is 0 Å². The van der Waals surface area contributed by atoms with Gasteiger partial charge in [-0.1, -0.05) is 19.3 Å². The first-order chi connectivity index (χ1) is 4.84. The van der Waals surface area contributed by atoms with E-state index < -0.39 is 0 Å². The van der Waals surface area contributed by atoms with Crippen LogP contribution in [-0.2, 0) is 0 Å². The lowest BCUT2D eigenvalue weighted by atomic mass is 9.85. The van der Waals surface area contributed by atoms with E-state index in [2.05, 4.69) is 0 Å². The minimum Gasteiger partial charge on any atom is -0.326 e. The van der Waals surface area contributed by atoms with Crippen LogP contribution < -0.4 is 5.73 Å². The summed E-state index contributed by atoms with van der Waals surface area (Å²) in [5, 5.41) is 0. The maximum Gasteiger partial charge on any atom is 0.0377 e. The number of hydrogen-bond donors (Lipinski definition) is 1. The van der Waals surface area contributed by atoms with Gasteiger partial charge in [0.15, 0.2) is 0 Å². The maximum absolute atomic E-state index is 5.82. The van der Waals surface area contributed by atoms with Gasteiger partial charge in [0.05, 0.1) is 0 Å². The highest BCUT2D eigenvalue weighted by Crippen LogP contribution is 2.25. The Morgan fingerprint density at radius 1 is 1.30 bits per heavy atom. The molecular weight excluding hydrogens is 146 g/mol. The first-order valence-electron chi connectivity index (χ1n) is 4.16. The molecule has 0 aromatic rings. The zero-order chi connectivity index (χ0) is 7.40. The molecule has 0 radical (unpaired) electrons. The predicted octanol–water partition coefficient (Wildman–Crippen LogP) is 2.13. The quantitative estimate of drug-likeness (QED) is 0.617.